The summed E-state index contributed by atoms with van der Waals surface area (Å²) in [6, 6.07) is 6.91. The monoisotopic (exact) mass is 375 g/mol. The number of aromatic nitrogens is 7. The van der Waals surface area contributed by atoms with Gasteiger partial charge in [-0.3, -0.25) is 15.1 Å². The molecule has 0 bridgehead atoms. The second-order valence-corrected chi connectivity index (χ2v) is 5.99. The Hall–Kier alpha value is -4.04. The van der Waals surface area contributed by atoms with Gasteiger partial charge in [0.25, 0.3) is 5.91 Å². The van der Waals surface area contributed by atoms with Crippen molar-refractivity contribution >= 4 is 22.4 Å². The number of rotatable bonds is 4. The number of pyridine rings is 1. The van der Waals surface area contributed by atoms with E-state index < -0.39 is 5.91 Å². The zero-order valence-corrected chi connectivity index (χ0v) is 14.3. The lowest BCUT2D eigenvalue weighted by Crippen LogP contribution is -2.17. The van der Waals surface area contributed by atoms with Gasteiger partial charge in [-0.1, -0.05) is 5.21 Å². The summed E-state index contributed by atoms with van der Waals surface area (Å²) in [6.07, 6.45) is 5.77. The summed E-state index contributed by atoms with van der Waals surface area (Å²) in [6.45, 7) is 0. The molecule has 0 saturated carbocycles. The third kappa shape index (κ3) is 3.37. The van der Waals surface area contributed by atoms with Crippen molar-refractivity contribution < 1.29 is 4.79 Å². The van der Waals surface area contributed by atoms with Gasteiger partial charge in [0, 0.05) is 23.8 Å². The first-order valence-corrected chi connectivity index (χ1v) is 8.43. The van der Waals surface area contributed by atoms with Crippen LogP contribution in [0.5, 0.6) is 0 Å². The number of nitrogens with zero attached hydrogens (tertiary/aromatic N) is 8. The molecule has 27 heavy (non-hydrogen) atoms. The molecule has 0 aliphatic heterocycles. The van der Waals surface area contributed by atoms with Gasteiger partial charge < -0.3 is 0 Å². The Bertz CT molecular complexity index is 1150. The molecule has 0 radical (unpaired) electrons. The molecule has 0 aliphatic carbocycles. The molecule has 11 heteroatoms. The summed E-state index contributed by atoms with van der Waals surface area (Å²) in [4.78, 5) is 29.0. The minimum Gasteiger partial charge on any atom is -0.296 e. The lowest BCUT2D eigenvalue weighted by molar-refractivity contribution is 0.101. The maximum atomic E-state index is 12.6. The molecule has 4 aromatic rings. The third-order valence-corrected chi connectivity index (χ3v) is 4.20. The van der Waals surface area contributed by atoms with Crippen molar-refractivity contribution in [1.29, 1.82) is 5.26 Å². The Morgan fingerprint density at radius 1 is 1.22 bits per heavy atom. The summed E-state index contributed by atoms with van der Waals surface area (Å²) in [5.41, 5.74) is 1.81. The quantitative estimate of drug-likeness (QED) is 0.569. The van der Waals surface area contributed by atoms with Crippen molar-refractivity contribution in [3.05, 3.63) is 59.8 Å². The second-order valence-electron chi connectivity index (χ2n) is 5.13. The van der Waals surface area contributed by atoms with Gasteiger partial charge in [0.2, 0.25) is 0 Å². The number of anilines is 1. The third-order valence-electron chi connectivity index (χ3n) is 3.44. The topological polar surface area (TPSA) is 135 Å². The van der Waals surface area contributed by atoms with Crippen molar-refractivity contribution in [3.8, 4) is 23.3 Å². The smallest absolute Gasteiger partial charge is 0.277 e. The van der Waals surface area contributed by atoms with Crippen LogP contribution in [0.25, 0.3) is 17.2 Å². The largest absolute Gasteiger partial charge is 0.296 e. The summed E-state index contributed by atoms with van der Waals surface area (Å²) in [5, 5.41) is 21.5. The zero-order valence-electron chi connectivity index (χ0n) is 13.5. The summed E-state index contributed by atoms with van der Waals surface area (Å²) in [7, 11) is 0. The second kappa shape index (κ2) is 7.06. The Balaban J connectivity index is 1.56. The highest BCUT2D eigenvalue weighted by molar-refractivity contribution is 7.14. The van der Waals surface area contributed by atoms with Crippen molar-refractivity contribution in [2.75, 3.05) is 5.32 Å². The van der Waals surface area contributed by atoms with E-state index in [1.165, 1.54) is 34.7 Å². The molecule has 0 aromatic carbocycles. The van der Waals surface area contributed by atoms with Gasteiger partial charge in [0.1, 0.15) is 12.0 Å². The standard InChI is InChI=1S/C16H9N9OS/c17-6-10-1-4-19-11(5-10)12-8-27-16(22-12)23-15(26)13-7-21-24-25(13)14-2-3-18-9-20-14/h1-5,7-9H,(H,22,23,26). The molecule has 4 aromatic heterocycles. The summed E-state index contributed by atoms with van der Waals surface area (Å²) < 4.78 is 1.31. The van der Waals surface area contributed by atoms with Crippen molar-refractivity contribution in [2.24, 2.45) is 0 Å². The molecule has 1 N–H and O–H groups in total. The van der Waals surface area contributed by atoms with Crippen LogP contribution < -0.4 is 5.32 Å². The molecule has 4 rings (SSSR count). The van der Waals surface area contributed by atoms with Crippen LogP contribution in [0.2, 0.25) is 0 Å². The van der Waals surface area contributed by atoms with Crippen LogP contribution in [-0.2, 0) is 0 Å². The number of hydrogen-bond acceptors (Lipinski definition) is 9. The maximum Gasteiger partial charge on any atom is 0.277 e. The van der Waals surface area contributed by atoms with Crippen molar-refractivity contribution in [3.63, 3.8) is 0 Å². The Morgan fingerprint density at radius 3 is 2.96 bits per heavy atom. The molecular weight excluding hydrogens is 366 g/mol. The SMILES string of the molecule is N#Cc1ccnc(-c2csc(NC(=O)c3cnnn3-c3ccncn3)n2)c1. The number of nitrogens with one attached hydrogen (secondary N) is 1. The van der Waals surface area contributed by atoms with Gasteiger partial charge in [-0.15, -0.1) is 16.4 Å². The predicted molar refractivity (Wildman–Crippen MR) is 95.0 cm³/mol. The highest BCUT2D eigenvalue weighted by atomic mass is 32.1. The fourth-order valence-electron chi connectivity index (χ4n) is 2.22. The first kappa shape index (κ1) is 16.4. The van der Waals surface area contributed by atoms with E-state index >= 15 is 0 Å². The number of nitriles is 1. The molecule has 0 aliphatic rings. The first-order chi connectivity index (χ1) is 13.2. The molecule has 10 nitrogen and oxygen atoms in total. The summed E-state index contributed by atoms with van der Waals surface area (Å²) >= 11 is 1.24. The number of thiazole rings is 1. The fraction of sp³-hybridized carbons (Fsp3) is 0. The molecule has 0 spiro atoms. The maximum absolute atomic E-state index is 12.6. The number of hydrogen-bond donors (Lipinski definition) is 1. The first-order valence-electron chi connectivity index (χ1n) is 7.55. The molecule has 0 atom stereocenters. The Kier molecular flexibility index (Phi) is 4.30. The average Bonchev–Trinajstić information content (AvgIpc) is 3.38. The minimum atomic E-state index is -0.432. The molecule has 0 unspecified atom stereocenters. The van der Waals surface area contributed by atoms with Gasteiger partial charge in [0.05, 0.1) is 23.5 Å². The van der Waals surface area contributed by atoms with E-state index in [1.54, 1.807) is 29.8 Å². The number of carbonyl (C=O) groups is 1. The van der Waals surface area contributed by atoms with E-state index in [4.69, 9.17) is 5.26 Å². The number of carbonyl (C=O) groups excluding carboxylic acids is 1. The van der Waals surface area contributed by atoms with E-state index in [2.05, 4.69) is 41.6 Å². The fourth-order valence-corrected chi connectivity index (χ4v) is 2.92. The summed E-state index contributed by atoms with van der Waals surface area (Å²) in [5.74, 6) is -0.0109. The molecule has 0 saturated heterocycles. The average molecular weight is 375 g/mol. The molecular formula is C16H9N9OS. The molecule has 130 valence electrons. The van der Waals surface area contributed by atoms with Crippen LogP contribution in [0, 0.1) is 11.3 Å². The lowest BCUT2D eigenvalue weighted by atomic mass is 10.2. The number of amides is 1. The van der Waals surface area contributed by atoms with Gasteiger partial charge in [-0.2, -0.15) is 9.94 Å². The molecule has 0 fully saturated rings. The van der Waals surface area contributed by atoms with E-state index in [0.29, 0.717) is 27.9 Å². The van der Waals surface area contributed by atoms with E-state index in [0.717, 1.165) is 0 Å². The minimum absolute atomic E-state index is 0.204. The van der Waals surface area contributed by atoms with Gasteiger partial charge in [-0.05, 0) is 12.1 Å². The van der Waals surface area contributed by atoms with E-state index in [9.17, 15) is 4.79 Å². The van der Waals surface area contributed by atoms with E-state index in [-0.39, 0.29) is 5.69 Å². The van der Waals surface area contributed by atoms with Crippen LogP contribution in [0.3, 0.4) is 0 Å². The van der Waals surface area contributed by atoms with Crippen LogP contribution in [0.15, 0.2) is 48.5 Å². The van der Waals surface area contributed by atoms with Crippen molar-refractivity contribution in [1.82, 2.24) is 34.9 Å². The van der Waals surface area contributed by atoms with Crippen LogP contribution in [0.1, 0.15) is 16.1 Å². The molecule has 1 amide bonds. The Labute approximate surface area is 156 Å². The predicted octanol–water partition coefficient (Wildman–Crippen LogP) is 1.70. The van der Waals surface area contributed by atoms with Crippen LogP contribution in [0.4, 0.5) is 5.13 Å². The van der Waals surface area contributed by atoms with Crippen LogP contribution in [-0.4, -0.2) is 40.8 Å². The van der Waals surface area contributed by atoms with Crippen molar-refractivity contribution in [2.45, 2.75) is 0 Å². The van der Waals surface area contributed by atoms with E-state index in [1.807, 2.05) is 0 Å². The highest BCUT2D eigenvalue weighted by Crippen LogP contribution is 2.24. The molecule has 4 heterocycles. The van der Waals surface area contributed by atoms with Gasteiger partial charge in [0.15, 0.2) is 16.6 Å². The highest BCUT2D eigenvalue weighted by Gasteiger charge is 2.17. The Morgan fingerprint density at radius 2 is 2.15 bits per heavy atom. The van der Waals surface area contributed by atoms with Gasteiger partial charge in [-0.25, -0.2) is 15.0 Å². The zero-order chi connectivity index (χ0) is 18.6. The van der Waals surface area contributed by atoms with Gasteiger partial charge >= 0.3 is 0 Å². The van der Waals surface area contributed by atoms with Crippen LogP contribution >= 0.6 is 11.3 Å². The lowest BCUT2D eigenvalue weighted by Gasteiger charge is -2.04. The normalized spacial score (nSPS) is 10.3.